The van der Waals surface area contributed by atoms with Crippen molar-refractivity contribution in [3.05, 3.63) is 42.0 Å². The fraction of sp³-hybridized carbons (Fsp3) is 0.593. The first kappa shape index (κ1) is 21.9. The van der Waals surface area contributed by atoms with Gasteiger partial charge < -0.3 is 4.74 Å². The van der Waals surface area contributed by atoms with Gasteiger partial charge in [-0.15, -0.1) is 0 Å². The molecule has 1 saturated carbocycles. The zero-order valence-electron chi connectivity index (χ0n) is 18.4. The second kappa shape index (κ2) is 11.4. The van der Waals surface area contributed by atoms with Gasteiger partial charge in [0.15, 0.2) is 0 Å². The van der Waals surface area contributed by atoms with Crippen LogP contribution >= 0.6 is 0 Å². The molecular weight excluding hydrogens is 356 g/mol. The standard InChI is InChI=1S/C27H38O2/c1-3-5-6-7-8-9-10-21-11-13-22(14-12-21)23-15-16-25-20-26(29-27(28)4-2)18-17-24(25)19-23/h15-22H,3-14H2,1-2H3. The average molecular weight is 395 g/mol. The summed E-state index contributed by atoms with van der Waals surface area (Å²) in [6.45, 7) is 4.10. The molecule has 0 atom stereocenters. The minimum absolute atomic E-state index is 0.182. The van der Waals surface area contributed by atoms with Crippen LogP contribution in [0.5, 0.6) is 5.75 Å². The van der Waals surface area contributed by atoms with Crippen molar-refractivity contribution < 1.29 is 9.53 Å². The van der Waals surface area contributed by atoms with Crippen molar-refractivity contribution in [1.82, 2.24) is 0 Å². The Bertz CT molecular complexity index is 771. The Hall–Kier alpha value is -1.83. The Morgan fingerprint density at radius 3 is 2.31 bits per heavy atom. The van der Waals surface area contributed by atoms with Gasteiger partial charge in [-0.2, -0.15) is 0 Å². The van der Waals surface area contributed by atoms with E-state index in [1.807, 2.05) is 19.1 Å². The summed E-state index contributed by atoms with van der Waals surface area (Å²) < 4.78 is 5.35. The minimum Gasteiger partial charge on any atom is -0.427 e. The summed E-state index contributed by atoms with van der Waals surface area (Å²) in [5.41, 5.74) is 1.48. The molecule has 0 aliphatic heterocycles. The van der Waals surface area contributed by atoms with E-state index in [1.54, 1.807) is 0 Å². The second-order valence-corrected chi connectivity index (χ2v) is 8.87. The first-order chi connectivity index (χ1) is 14.2. The maximum atomic E-state index is 11.5. The van der Waals surface area contributed by atoms with Crippen molar-refractivity contribution in [3.8, 4) is 5.75 Å². The highest BCUT2D eigenvalue weighted by Gasteiger charge is 2.22. The van der Waals surface area contributed by atoms with Crippen molar-refractivity contribution in [2.75, 3.05) is 0 Å². The molecule has 0 N–H and O–H groups in total. The minimum atomic E-state index is -0.182. The molecule has 0 aromatic heterocycles. The number of ether oxygens (including phenoxy) is 1. The Morgan fingerprint density at radius 2 is 1.55 bits per heavy atom. The quantitative estimate of drug-likeness (QED) is 0.231. The number of hydrogen-bond donors (Lipinski definition) is 0. The molecule has 29 heavy (non-hydrogen) atoms. The normalized spacial score (nSPS) is 19.4. The Labute approximate surface area is 177 Å². The van der Waals surface area contributed by atoms with Gasteiger partial charge in [0.1, 0.15) is 5.75 Å². The fourth-order valence-corrected chi connectivity index (χ4v) is 4.76. The van der Waals surface area contributed by atoms with Gasteiger partial charge in [-0.05, 0) is 66.0 Å². The van der Waals surface area contributed by atoms with E-state index in [0.29, 0.717) is 18.1 Å². The van der Waals surface area contributed by atoms with Gasteiger partial charge in [0, 0.05) is 6.42 Å². The predicted octanol–water partition coefficient (Wildman–Crippen LogP) is 8.18. The van der Waals surface area contributed by atoms with E-state index in [1.165, 1.54) is 81.6 Å². The zero-order chi connectivity index (χ0) is 20.5. The monoisotopic (exact) mass is 394 g/mol. The predicted molar refractivity (Wildman–Crippen MR) is 123 cm³/mol. The number of benzene rings is 2. The molecule has 158 valence electrons. The molecule has 0 radical (unpaired) electrons. The molecule has 0 saturated heterocycles. The maximum absolute atomic E-state index is 11.5. The van der Waals surface area contributed by atoms with Gasteiger partial charge in [0.2, 0.25) is 0 Å². The number of carbonyl (C=O) groups excluding carboxylic acids is 1. The smallest absolute Gasteiger partial charge is 0.310 e. The van der Waals surface area contributed by atoms with E-state index in [2.05, 4.69) is 31.2 Å². The summed E-state index contributed by atoms with van der Waals surface area (Å²) in [4.78, 5) is 11.5. The van der Waals surface area contributed by atoms with Crippen LogP contribution in [-0.4, -0.2) is 5.97 Å². The largest absolute Gasteiger partial charge is 0.427 e. The van der Waals surface area contributed by atoms with Gasteiger partial charge in [-0.3, -0.25) is 4.79 Å². The van der Waals surface area contributed by atoms with E-state index >= 15 is 0 Å². The van der Waals surface area contributed by atoms with Crippen molar-refractivity contribution in [2.24, 2.45) is 5.92 Å². The van der Waals surface area contributed by atoms with E-state index in [4.69, 9.17) is 4.74 Å². The third kappa shape index (κ3) is 6.59. The lowest BCUT2D eigenvalue weighted by Gasteiger charge is -2.29. The number of rotatable bonds is 10. The fourth-order valence-electron chi connectivity index (χ4n) is 4.76. The van der Waals surface area contributed by atoms with Crippen LogP contribution in [0.4, 0.5) is 0 Å². The summed E-state index contributed by atoms with van der Waals surface area (Å²) in [5.74, 6) is 2.12. The molecule has 2 aromatic rings. The number of unbranched alkanes of at least 4 members (excludes halogenated alkanes) is 5. The molecule has 2 aromatic carbocycles. The van der Waals surface area contributed by atoms with Crippen molar-refractivity contribution in [2.45, 2.75) is 96.8 Å². The van der Waals surface area contributed by atoms with E-state index in [-0.39, 0.29) is 5.97 Å². The highest BCUT2D eigenvalue weighted by molar-refractivity contribution is 5.85. The van der Waals surface area contributed by atoms with Gasteiger partial charge in [0.05, 0.1) is 0 Å². The summed E-state index contributed by atoms with van der Waals surface area (Å²) in [6, 6.07) is 12.8. The lowest BCUT2D eigenvalue weighted by atomic mass is 9.76. The molecule has 0 bridgehead atoms. The number of esters is 1. The van der Waals surface area contributed by atoms with Crippen LogP contribution < -0.4 is 4.74 Å². The molecule has 0 unspecified atom stereocenters. The molecule has 2 heteroatoms. The number of carbonyl (C=O) groups is 1. The highest BCUT2D eigenvalue weighted by atomic mass is 16.5. The summed E-state index contributed by atoms with van der Waals surface area (Å²) >= 11 is 0. The van der Waals surface area contributed by atoms with Gasteiger partial charge >= 0.3 is 5.97 Å². The molecular formula is C27H38O2. The molecule has 1 aliphatic carbocycles. The van der Waals surface area contributed by atoms with E-state index < -0.39 is 0 Å². The second-order valence-electron chi connectivity index (χ2n) is 8.87. The molecule has 2 nitrogen and oxygen atoms in total. The van der Waals surface area contributed by atoms with Crippen LogP contribution in [0.25, 0.3) is 10.8 Å². The van der Waals surface area contributed by atoms with Gasteiger partial charge in [-0.25, -0.2) is 0 Å². The molecule has 3 rings (SSSR count). The summed E-state index contributed by atoms with van der Waals surface area (Å²) in [7, 11) is 0. The average Bonchev–Trinajstić information content (AvgIpc) is 2.76. The molecule has 1 fully saturated rings. The van der Waals surface area contributed by atoms with Gasteiger partial charge in [-0.1, -0.05) is 83.1 Å². The van der Waals surface area contributed by atoms with Crippen molar-refractivity contribution >= 4 is 16.7 Å². The summed E-state index contributed by atoms with van der Waals surface area (Å²) in [6.07, 6.45) is 15.7. The third-order valence-corrected chi connectivity index (χ3v) is 6.64. The molecule has 0 amide bonds. The first-order valence-electron chi connectivity index (χ1n) is 11.9. The van der Waals surface area contributed by atoms with E-state index in [9.17, 15) is 4.79 Å². The molecule has 1 aliphatic rings. The maximum Gasteiger partial charge on any atom is 0.310 e. The summed E-state index contributed by atoms with van der Waals surface area (Å²) in [5, 5.41) is 2.39. The lowest BCUT2D eigenvalue weighted by Crippen LogP contribution is -2.13. The Kier molecular flexibility index (Phi) is 8.58. The van der Waals surface area contributed by atoms with Crippen LogP contribution in [0.3, 0.4) is 0 Å². The van der Waals surface area contributed by atoms with Crippen molar-refractivity contribution in [1.29, 1.82) is 0 Å². The molecule has 0 heterocycles. The number of hydrogen-bond acceptors (Lipinski definition) is 2. The topological polar surface area (TPSA) is 26.3 Å². The third-order valence-electron chi connectivity index (χ3n) is 6.64. The lowest BCUT2D eigenvalue weighted by molar-refractivity contribution is -0.134. The van der Waals surface area contributed by atoms with Crippen molar-refractivity contribution in [3.63, 3.8) is 0 Å². The number of fused-ring (bicyclic) bond motifs is 1. The molecule has 0 spiro atoms. The van der Waals surface area contributed by atoms with Gasteiger partial charge in [0.25, 0.3) is 0 Å². The van der Waals surface area contributed by atoms with Crippen LogP contribution in [-0.2, 0) is 4.79 Å². The van der Waals surface area contributed by atoms with Crippen LogP contribution in [0.2, 0.25) is 0 Å². The Morgan fingerprint density at radius 1 is 0.862 bits per heavy atom. The zero-order valence-corrected chi connectivity index (χ0v) is 18.4. The Balaban J connectivity index is 1.49. The van der Waals surface area contributed by atoms with Crippen LogP contribution in [0, 0.1) is 5.92 Å². The highest BCUT2D eigenvalue weighted by Crippen LogP contribution is 2.38. The van der Waals surface area contributed by atoms with Crippen LogP contribution in [0.15, 0.2) is 36.4 Å². The SMILES string of the molecule is CCCCCCCCC1CCC(c2ccc3cc(OC(=O)CC)ccc3c2)CC1. The van der Waals surface area contributed by atoms with Crippen LogP contribution in [0.1, 0.15) is 102 Å². The van der Waals surface area contributed by atoms with E-state index in [0.717, 1.165) is 11.3 Å². The first-order valence-corrected chi connectivity index (χ1v) is 11.9.